The molecule has 2 fully saturated rings. The van der Waals surface area contributed by atoms with Gasteiger partial charge in [0.25, 0.3) is 0 Å². The molecule has 0 saturated carbocycles. The van der Waals surface area contributed by atoms with Crippen molar-refractivity contribution in [3.05, 3.63) is 0 Å². The van der Waals surface area contributed by atoms with Crippen molar-refractivity contribution in [2.75, 3.05) is 64.8 Å². The minimum absolute atomic E-state index is 0.162. The van der Waals surface area contributed by atoms with Crippen molar-refractivity contribution in [1.82, 2.24) is 15.1 Å². The zero-order valence-corrected chi connectivity index (χ0v) is 17.2. The summed E-state index contributed by atoms with van der Waals surface area (Å²) >= 11 is 0. The van der Waals surface area contributed by atoms with Gasteiger partial charge in [0.15, 0.2) is 5.96 Å². The summed E-state index contributed by atoms with van der Waals surface area (Å²) in [4.78, 5) is 9.63. The van der Waals surface area contributed by atoms with Gasteiger partial charge in [0, 0.05) is 60.6 Å². The molecule has 2 atom stereocenters. The van der Waals surface area contributed by atoms with Crippen LogP contribution >= 0.6 is 0 Å². The van der Waals surface area contributed by atoms with Gasteiger partial charge in [-0.2, -0.15) is 0 Å². The van der Waals surface area contributed by atoms with Crippen LogP contribution in [0.15, 0.2) is 4.99 Å². The molecule has 0 radical (unpaired) electrons. The number of morpholine rings is 1. The second-order valence-corrected chi connectivity index (χ2v) is 10.2. The van der Waals surface area contributed by atoms with Crippen LogP contribution in [0.2, 0.25) is 0 Å². The fourth-order valence-electron chi connectivity index (χ4n) is 3.29. The predicted molar refractivity (Wildman–Crippen MR) is 106 cm³/mol. The van der Waals surface area contributed by atoms with Gasteiger partial charge in [-0.1, -0.05) is 0 Å². The molecule has 0 aliphatic carbocycles. The lowest BCUT2D eigenvalue weighted by atomic mass is 10.1. The quantitative estimate of drug-likeness (QED) is 0.560. The first-order chi connectivity index (χ1) is 11.9. The topological polar surface area (TPSA) is 57.2 Å². The highest BCUT2D eigenvalue weighted by molar-refractivity contribution is 7.86. The SMILES string of the molecule is CCNC(=NCCS(=O)C(C)(C)C)N1CCC(CN2CCOCC2)C1. The lowest BCUT2D eigenvalue weighted by molar-refractivity contribution is 0.0315. The van der Waals surface area contributed by atoms with Gasteiger partial charge < -0.3 is 15.0 Å². The van der Waals surface area contributed by atoms with Crippen LogP contribution < -0.4 is 5.32 Å². The van der Waals surface area contributed by atoms with Crippen LogP contribution in [0.3, 0.4) is 0 Å². The van der Waals surface area contributed by atoms with Gasteiger partial charge in [-0.05, 0) is 40.0 Å². The van der Waals surface area contributed by atoms with E-state index in [9.17, 15) is 4.21 Å². The van der Waals surface area contributed by atoms with Gasteiger partial charge in [0.05, 0.1) is 19.8 Å². The molecule has 2 unspecified atom stereocenters. The lowest BCUT2D eigenvalue weighted by Gasteiger charge is -2.29. The van der Waals surface area contributed by atoms with Crippen LogP contribution in [-0.4, -0.2) is 89.5 Å². The van der Waals surface area contributed by atoms with Crippen LogP contribution in [0.1, 0.15) is 34.1 Å². The van der Waals surface area contributed by atoms with Crippen molar-refractivity contribution in [3.63, 3.8) is 0 Å². The smallest absolute Gasteiger partial charge is 0.193 e. The normalized spacial score (nSPS) is 24.6. The second kappa shape index (κ2) is 9.88. The van der Waals surface area contributed by atoms with E-state index < -0.39 is 10.8 Å². The van der Waals surface area contributed by atoms with E-state index in [0.717, 1.165) is 58.4 Å². The molecular formula is C18H36N4O2S. The summed E-state index contributed by atoms with van der Waals surface area (Å²) < 4.78 is 17.5. The maximum atomic E-state index is 12.2. The number of ether oxygens (including phenoxy) is 1. The Morgan fingerprint density at radius 2 is 2.00 bits per heavy atom. The van der Waals surface area contributed by atoms with E-state index in [1.165, 1.54) is 6.42 Å². The highest BCUT2D eigenvalue weighted by Crippen LogP contribution is 2.18. The number of hydrogen-bond acceptors (Lipinski definition) is 4. The largest absolute Gasteiger partial charge is 0.379 e. The van der Waals surface area contributed by atoms with E-state index in [-0.39, 0.29) is 4.75 Å². The Morgan fingerprint density at radius 1 is 1.28 bits per heavy atom. The number of guanidine groups is 1. The Kier molecular flexibility index (Phi) is 8.16. The van der Waals surface area contributed by atoms with Gasteiger partial charge in [-0.15, -0.1) is 0 Å². The van der Waals surface area contributed by atoms with Gasteiger partial charge in [-0.3, -0.25) is 14.1 Å². The number of nitrogens with one attached hydrogen (secondary N) is 1. The van der Waals surface area contributed by atoms with Crippen LogP contribution in [0.4, 0.5) is 0 Å². The van der Waals surface area contributed by atoms with Crippen LogP contribution in [0, 0.1) is 5.92 Å². The van der Waals surface area contributed by atoms with Gasteiger partial charge in [0.1, 0.15) is 0 Å². The van der Waals surface area contributed by atoms with Gasteiger partial charge in [0.2, 0.25) is 0 Å². The first-order valence-electron chi connectivity index (χ1n) is 9.62. The van der Waals surface area contributed by atoms with Crippen molar-refractivity contribution in [3.8, 4) is 0 Å². The summed E-state index contributed by atoms with van der Waals surface area (Å²) in [6.45, 7) is 16.8. The summed E-state index contributed by atoms with van der Waals surface area (Å²) in [7, 11) is -0.843. The summed E-state index contributed by atoms with van der Waals surface area (Å²) in [5.74, 6) is 2.31. The Morgan fingerprint density at radius 3 is 2.64 bits per heavy atom. The van der Waals surface area contributed by atoms with Crippen LogP contribution in [0.25, 0.3) is 0 Å². The third-order valence-corrected chi connectivity index (χ3v) is 6.68. The number of nitrogens with zero attached hydrogens (tertiary/aromatic N) is 3. The maximum Gasteiger partial charge on any atom is 0.193 e. The van der Waals surface area contributed by atoms with E-state index in [4.69, 9.17) is 9.73 Å². The highest BCUT2D eigenvalue weighted by atomic mass is 32.2. The van der Waals surface area contributed by atoms with Crippen molar-refractivity contribution in [2.24, 2.45) is 10.9 Å². The number of likely N-dealkylation sites (tertiary alicyclic amines) is 1. The predicted octanol–water partition coefficient (Wildman–Crippen LogP) is 1.15. The van der Waals surface area contributed by atoms with Gasteiger partial charge in [-0.25, -0.2) is 0 Å². The van der Waals surface area contributed by atoms with E-state index in [2.05, 4.69) is 22.0 Å². The third kappa shape index (κ3) is 6.87. The Hall–Kier alpha value is -0.660. The molecule has 6 nitrogen and oxygen atoms in total. The van der Waals surface area contributed by atoms with Crippen molar-refractivity contribution in [1.29, 1.82) is 0 Å². The molecule has 2 rings (SSSR count). The van der Waals surface area contributed by atoms with E-state index >= 15 is 0 Å². The minimum Gasteiger partial charge on any atom is -0.379 e. The molecule has 25 heavy (non-hydrogen) atoms. The zero-order chi connectivity index (χ0) is 18.3. The fourth-order valence-corrected chi connectivity index (χ4v) is 4.16. The number of rotatable bonds is 6. The molecule has 0 bridgehead atoms. The summed E-state index contributed by atoms with van der Waals surface area (Å²) in [6.07, 6.45) is 1.22. The number of aliphatic imine (C=N–C) groups is 1. The van der Waals surface area contributed by atoms with Crippen molar-refractivity contribution in [2.45, 2.75) is 38.9 Å². The molecule has 0 amide bonds. The Balaban J connectivity index is 1.82. The maximum absolute atomic E-state index is 12.2. The summed E-state index contributed by atoms with van der Waals surface area (Å²) in [5.41, 5.74) is 0. The molecule has 2 saturated heterocycles. The monoisotopic (exact) mass is 372 g/mol. The molecule has 1 N–H and O–H groups in total. The molecule has 2 aliphatic heterocycles. The lowest BCUT2D eigenvalue weighted by Crippen LogP contribution is -2.42. The molecule has 0 aromatic carbocycles. The average molecular weight is 373 g/mol. The highest BCUT2D eigenvalue weighted by Gasteiger charge is 2.27. The van der Waals surface area contributed by atoms with E-state index in [1.807, 2.05) is 20.8 Å². The van der Waals surface area contributed by atoms with E-state index in [1.54, 1.807) is 0 Å². The summed E-state index contributed by atoms with van der Waals surface area (Å²) in [6, 6.07) is 0. The first kappa shape index (κ1) is 20.6. The number of hydrogen-bond donors (Lipinski definition) is 1. The minimum atomic E-state index is -0.843. The average Bonchev–Trinajstić information content (AvgIpc) is 3.02. The van der Waals surface area contributed by atoms with Crippen molar-refractivity contribution < 1.29 is 8.95 Å². The van der Waals surface area contributed by atoms with Gasteiger partial charge >= 0.3 is 0 Å². The molecule has 2 aliphatic rings. The Bertz CT molecular complexity index is 458. The third-order valence-electron chi connectivity index (χ3n) is 4.76. The second-order valence-electron chi connectivity index (χ2n) is 7.91. The molecule has 0 spiro atoms. The van der Waals surface area contributed by atoms with E-state index in [0.29, 0.717) is 18.2 Å². The molecule has 7 heteroatoms. The zero-order valence-electron chi connectivity index (χ0n) is 16.4. The molecule has 0 aromatic heterocycles. The first-order valence-corrected chi connectivity index (χ1v) is 10.9. The Labute approximate surface area is 155 Å². The fraction of sp³-hybridized carbons (Fsp3) is 0.944. The van der Waals surface area contributed by atoms with Crippen LogP contribution in [-0.2, 0) is 15.5 Å². The summed E-state index contributed by atoms with van der Waals surface area (Å²) in [5, 5.41) is 3.40. The van der Waals surface area contributed by atoms with Crippen LogP contribution in [0.5, 0.6) is 0 Å². The molecule has 2 heterocycles. The van der Waals surface area contributed by atoms with Crippen molar-refractivity contribution >= 4 is 16.8 Å². The standard InChI is InChI=1S/C18H36N4O2S/c1-5-19-17(20-7-13-25(23)18(2,3)4)22-8-6-16(15-22)14-21-9-11-24-12-10-21/h16H,5-15H2,1-4H3,(H,19,20). The molecule has 0 aromatic rings. The molecule has 146 valence electrons. The molecular weight excluding hydrogens is 336 g/mol.